The van der Waals surface area contributed by atoms with Crippen LogP contribution in [0.2, 0.25) is 0 Å². The van der Waals surface area contributed by atoms with Crippen molar-refractivity contribution in [2.75, 3.05) is 0 Å². The van der Waals surface area contributed by atoms with E-state index >= 15 is 0 Å². The number of hydrogen-bond acceptors (Lipinski definition) is 3. The van der Waals surface area contributed by atoms with E-state index in [9.17, 15) is 4.79 Å². The van der Waals surface area contributed by atoms with Crippen LogP contribution in [0.15, 0.2) is 46.7 Å². The standard InChI is InChI=1S/C15H12N2OS/c1-11-3-2-4-12(9-11)5-6-13-10-14(18)17-7-8-19-15(17)16-13/h2-10H,1H3. The Morgan fingerprint density at radius 3 is 3.00 bits per heavy atom. The van der Waals surface area contributed by atoms with Gasteiger partial charge in [0.1, 0.15) is 0 Å². The number of hydrogen-bond donors (Lipinski definition) is 0. The molecule has 0 fully saturated rings. The molecule has 0 unspecified atom stereocenters. The fourth-order valence-corrected chi connectivity index (χ4v) is 2.63. The molecule has 4 heteroatoms. The van der Waals surface area contributed by atoms with E-state index in [-0.39, 0.29) is 5.56 Å². The molecule has 0 spiro atoms. The number of thiazole rings is 1. The van der Waals surface area contributed by atoms with Gasteiger partial charge in [0.2, 0.25) is 0 Å². The van der Waals surface area contributed by atoms with Gasteiger partial charge in [-0.1, -0.05) is 35.9 Å². The Morgan fingerprint density at radius 1 is 1.26 bits per heavy atom. The zero-order chi connectivity index (χ0) is 13.2. The first-order valence-electron chi connectivity index (χ1n) is 5.94. The van der Waals surface area contributed by atoms with E-state index in [2.05, 4.69) is 24.0 Å². The van der Waals surface area contributed by atoms with Crippen LogP contribution in [0.5, 0.6) is 0 Å². The molecule has 94 valence electrons. The van der Waals surface area contributed by atoms with Crippen LogP contribution in [0.25, 0.3) is 17.1 Å². The summed E-state index contributed by atoms with van der Waals surface area (Å²) in [5, 5.41) is 1.86. The molecule has 0 amide bonds. The van der Waals surface area contributed by atoms with E-state index in [0.717, 1.165) is 10.5 Å². The highest BCUT2D eigenvalue weighted by Gasteiger charge is 2.00. The van der Waals surface area contributed by atoms with Gasteiger partial charge in [-0.05, 0) is 18.6 Å². The van der Waals surface area contributed by atoms with Crippen molar-refractivity contribution in [2.24, 2.45) is 0 Å². The van der Waals surface area contributed by atoms with Crippen molar-refractivity contribution in [3.05, 3.63) is 69.1 Å². The van der Waals surface area contributed by atoms with E-state index in [4.69, 9.17) is 0 Å². The van der Waals surface area contributed by atoms with Crippen LogP contribution in [-0.4, -0.2) is 9.38 Å². The fraction of sp³-hybridized carbons (Fsp3) is 0.0667. The highest BCUT2D eigenvalue weighted by molar-refractivity contribution is 7.15. The van der Waals surface area contributed by atoms with Crippen LogP contribution in [0.3, 0.4) is 0 Å². The summed E-state index contributed by atoms with van der Waals surface area (Å²) in [6.07, 6.45) is 5.58. The molecule has 19 heavy (non-hydrogen) atoms. The van der Waals surface area contributed by atoms with Gasteiger partial charge in [-0.3, -0.25) is 9.20 Å². The number of benzene rings is 1. The van der Waals surface area contributed by atoms with Gasteiger partial charge in [-0.15, -0.1) is 11.3 Å². The van der Waals surface area contributed by atoms with Gasteiger partial charge < -0.3 is 0 Å². The first kappa shape index (κ1) is 11.9. The molecule has 0 aliphatic carbocycles. The monoisotopic (exact) mass is 268 g/mol. The molecule has 0 bridgehead atoms. The minimum absolute atomic E-state index is 0.0462. The topological polar surface area (TPSA) is 34.4 Å². The molecule has 2 aromatic heterocycles. The third kappa shape index (κ3) is 2.48. The number of aryl methyl sites for hydroxylation is 1. The van der Waals surface area contributed by atoms with Crippen LogP contribution in [0, 0.1) is 6.92 Å². The van der Waals surface area contributed by atoms with E-state index in [1.54, 1.807) is 16.7 Å². The zero-order valence-corrected chi connectivity index (χ0v) is 11.2. The van der Waals surface area contributed by atoms with Crippen molar-refractivity contribution in [1.82, 2.24) is 9.38 Å². The van der Waals surface area contributed by atoms with Crippen LogP contribution in [0.4, 0.5) is 0 Å². The van der Waals surface area contributed by atoms with Crippen molar-refractivity contribution in [1.29, 1.82) is 0 Å². The highest BCUT2D eigenvalue weighted by atomic mass is 32.1. The molecule has 0 radical (unpaired) electrons. The molecule has 0 saturated carbocycles. The minimum Gasteiger partial charge on any atom is -0.269 e. The largest absolute Gasteiger partial charge is 0.269 e. The van der Waals surface area contributed by atoms with Gasteiger partial charge in [-0.25, -0.2) is 4.98 Å². The van der Waals surface area contributed by atoms with Gasteiger partial charge in [0.25, 0.3) is 5.56 Å². The molecule has 0 atom stereocenters. The molecule has 2 heterocycles. The quantitative estimate of drug-likeness (QED) is 0.715. The summed E-state index contributed by atoms with van der Waals surface area (Å²) >= 11 is 1.46. The highest BCUT2D eigenvalue weighted by Crippen LogP contribution is 2.10. The molecule has 3 aromatic rings. The van der Waals surface area contributed by atoms with E-state index in [0.29, 0.717) is 5.69 Å². The van der Waals surface area contributed by atoms with E-state index in [1.165, 1.54) is 16.9 Å². The maximum atomic E-state index is 11.8. The van der Waals surface area contributed by atoms with Crippen LogP contribution in [0.1, 0.15) is 16.8 Å². The molecule has 1 aromatic carbocycles. The predicted octanol–water partition coefficient (Wildman–Crippen LogP) is 3.23. The second kappa shape index (κ2) is 4.82. The number of rotatable bonds is 2. The maximum absolute atomic E-state index is 11.8. The SMILES string of the molecule is Cc1cccc(C=Cc2cc(=O)n3ccsc3n2)c1. The number of fused-ring (bicyclic) bond motifs is 1. The molecule has 0 N–H and O–H groups in total. The maximum Gasteiger partial charge on any atom is 0.259 e. The first-order chi connectivity index (χ1) is 9.22. The molecular formula is C15H12N2OS. The van der Waals surface area contributed by atoms with Crippen LogP contribution < -0.4 is 5.56 Å². The molecular weight excluding hydrogens is 256 g/mol. The first-order valence-corrected chi connectivity index (χ1v) is 6.82. The summed E-state index contributed by atoms with van der Waals surface area (Å²) in [6.45, 7) is 2.06. The normalized spacial score (nSPS) is 11.4. The smallest absolute Gasteiger partial charge is 0.259 e. The van der Waals surface area contributed by atoms with Crippen LogP contribution >= 0.6 is 11.3 Å². The summed E-state index contributed by atoms with van der Waals surface area (Å²) in [5.74, 6) is 0. The van der Waals surface area contributed by atoms with Crippen molar-refractivity contribution in [3.63, 3.8) is 0 Å². The molecule has 0 saturated heterocycles. The Kier molecular flexibility index (Phi) is 3.01. The lowest BCUT2D eigenvalue weighted by Crippen LogP contribution is -2.11. The lowest BCUT2D eigenvalue weighted by Gasteiger charge is -1.97. The minimum atomic E-state index is -0.0462. The summed E-state index contributed by atoms with van der Waals surface area (Å²) in [6, 6.07) is 9.73. The van der Waals surface area contributed by atoms with Gasteiger partial charge in [0.15, 0.2) is 4.96 Å². The lowest BCUT2D eigenvalue weighted by molar-refractivity contribution is 1.07. The molecule has 0 aliphatic rings. The Balaban J connectivity index is 1.99. The summed E-state index contributed by atoms with van der Waals surface area (Å²) < 4.78 is 1.55. The number of aromatic nitrogens is 2. The third-order valence-electron chi connectivity index (χ3n) is 2.81. The predicted molar refractivity (Wildman–Crippen MR) is 79.4 cm³/mol. The van der Waals surface area contributed by atoms with E-state index < -0.39 is 0 Å². The molecule has 0 aliphatic heterocycles. The van der Waals surface area contributed by atoms with Crippen molar-refractivity contribution < 1.29 is 0 Å². The van der Waals surface area contributed by atoms with Crippen molar-refractivity contribution >= 4 is 28.4 Å². The van der Waals surface area contributed by atoms with E-state index in [1.807, 2.05) is 29.7 Å². The Bertz CT molecular complexity index is 814. The van der Waals surface area contributed by atoms with Gasteiger partial charge in [0.05, 0.1) is 5.69 Å². The molecule has 3 nitrogen and oxygen atoms in total. The number of nitrogens with zero attached hydrogens (tertiary/aromatic N) is 2. The van der Waals surface area contributed by atoms with Gasteiger partial charge >= 0.3 is 0 Å². The van der Waals surface area contributed by atoms with Crippen molar-refractivity contribution in [2.45, 2.75) is 6.92 Å². The Morgan fingerprint density at radius 2 is 2.16 bits per heavy atom. The van der Waals surface area contributed by atoms with Crippen molar-refractivity contribution in [3.8, 4) is 0 Å². The Labute approximate surface area is 114 Å². The average molecular weight is 268 g/mol. The Hall–Kier alpha value is -2.20. The third-order valence-corrected chi connectivity index (χ3v) is 3.57. The summed E-state index contributed by atoms with van der Waals surface area (Å²) in [4.78, 5) is 17.0. The van der Waals surface area contributed by atoms with Gasteiger partial charge in [-0.2, -0.15) is 0 Å². The second-order valence-electron chi connectivity index (χ2n) is 4.32. The molecule has 3 rings (SSSR count). The summed E-state index contributed by atoms with van der Waals surface area (Å²) in [7, 11) is 0. The van der Waals surface area contributed by atoms with Crippen LogP contribution in [-0.2, 0) is 0 Å². The zero-order valence-electron chi connectivity index (χ0n) is 10.4. The second-order valence-corrected chi connectivity index (χ2v) is 5.20. The van der Waals surface area contributed by atoms with Gasteiger partial charge in [0, 0.05) is 17.6 Å². The summed E-state index contributed by atoms with van der Waals surface area (Å²) in [5.41, 5.74) is 2.96. The lowest BCUT2D eigenvalue weighted by atomic mass is 10.1. The average Bonchev–Trinajstić information content (AvgIpc) is 2.85. The fourth-order valence-electron chi connectivity index (χ4n) is 1.90.